The van der Waals surface area contributed by atoms with E-state index in [4.69, 9.17) is 0 Å². The number of rotatable bonds is 8. The van der Waals surface area contributed by atoms with E-state index in [9.17, 15) is 0 Å². The first-order valence-corrected chi connectivity index (χ1v) is 21.0. The SMILES string of the molecule is CC1(C)c2cc(/C=C/c3ccc4c(c3)C(C)(C)C3(C)C=C(N(c5ccccc5)c5ccccc5)C=CC43)ccc2-c2ccc(N(c3ccccc3)c3ccccc3)cc21. The number of hydrogen-bond donors (Lipinski definition) is 0. The zero-order chi connectivity index (χ0) is 40.4. The monoisotopic (exact) mass is 762 g/mol. The summed E-state index contributed by atoms with van der Waals surface area (Å²) >= 11 is 0. The molecule has 0 amide bonds. The van der Waals surface area contributed by atoms with Gasteiger partial charge in [-0.3, -0.25) is 0 Å². The molecule has 0 spiro atoms. The zero-order valence-electron chi connectivity index (χ0n) is 34.6. The van der Waals surface area contributed by atoms with Crippen molar-refractivity contribution in [2.75, 3.05) is 9.80 Å². The lowest BCUT2D eigenvalue weighted by molar-refractivity contribution is 0.243. The summed E-state index contributed by atoms with van der Waals surface area (Å²) in [7, 11) is 0. The van der Waals surface area contributed by atoms with Crippen LogP contribution < -0.4 is 9.80 Å². The van der Waals surface area contributed by atoms with Gasteiger partial charge in [0.25, 0.3) is 0 Å². The normalized spacial score (nSPS) is 19.1. The summed E-state index contributed by atoms with van der Waals surface area (Å²) in [5.41, 5.74) is 17.4. The predicted molar refractivity (Wildman–Crippen MR) is 250 cm³/mol. The van der Waals surface area contributed by atoms with E-state index in [1.165, 1.54) is 67.3 Å². The van der Waals surface area contributed by atoms with Crippen LogP contribution in [-0.4, -0.2) is 0 Å². The highest BCUT2D eigenvalue weighted by Gasteiger charge is 2.54. The molecule has 3 aliphatic rings. The number of nitrogens with zero attached hydrogens (tertiary/aromatic N) is 2. The fourth-order valence-electron chi connectivity index (χ4n) is 10.1. The standard InChI is InChI=1S/C57H50N2/c1-55(2)52-36-40(28-32-48(52)49-34-30-46(38-53(49)55)58(42-18-10-6-11-19-42)43-20-12-7-13-21-43)26-27-41-29-33-50-51-35-31-47(39-57(51,5)56(3,4)54(50)37-41)59(44-22-14-8-15-23-44)45-24-16-9-17-25-45/h6-39,51H,1-5H3/b27-26+. The van der Waals surface area contributed by atoms with E-state index in [0.717, 1.165) is 11.4 Å². The average molecular weight is 763 g/mol. The Labute approximate surface area is 350 Å². The largest absolute Gasteiger partial charge is 0.311 e. The van der Waals surface area contributed by atoms with Gasteiger partial charge in [-0.15, -0.1) is 0 Å². The van der Waals surface area contributed by atoms with Gasteiger partial charge in [0.15, 0.2) is 0 Å². The molecule has 3 aliphatic carbocycles. The smallest absolute Gasteiger partial charge is 0.0465 e. The molecule has 0 bridgehead atoms. The van der Waals surface area contributed by atoms with Gasteiger partial charge in [0.2, 0.25) is 0 Å². The molecule has 7 aromatic rings. The Hall–Kier alpha value is -6.64. The van der Waals surface area contributed by atoms with Crippen molar-refractivity contribution in [2.45, 2.75) is 51.4 Å². The van der Waals surface area contributed by atoms with Crippen LogP contribution in [0, 0.1) is 5.41 Å². The van der Waals surface area contributed by atoms with Crippen molar-refractivity contribution in [1.29, 1.82) is 0 Å². The van der Waals surface area contributed by atoms with E-state index in [-0.39, 0.29) is 16.2 Å². The van der Waals surface area contributed by atoms with Crippen LogP contribution in [0.5, 0.6) is 0 Å². The van der Waals surface area contributed by atoms with Crippen LogP contribution in [0.2, 0.25) is 0 Å². The molecule has 0 radical (unpaired) electrons. The first-order valence-electron chi connectivity index (χ1n) is 21.0. The Bertz CT molecular complexity index is 2700. The molecule has 2 atom stereocenters. The fraction of sp³-hybridized carbons (Fsp3) is 0.158. The minimum absolute atomic E-state index is 0.0925. The van der Waals surface area contributed by atoms with Crippen LogP contribution in [0.1, 0.15) is 73.9 Å². The summed E-state index contributed by atoms with van der Waals surface area (Å²) in [5.74, 6) is 0.302. The van der Waals surface area contributed by atoms with Crippen LogP contribution in [0.4, 0.5) is 28.4 Å². The highest BCUT2D eigenvalue weighted by molar-refractivity contribution is 5.87. The van der Waals surface area contributed by atoms with Crippen LogP contribution >= 0.6 is 0 Å². The molecule has 10 rings (SSSR count). The Kier molecular flexibility index (Phi) is 8.72. The topological polar surface area (TPSA) is 6.48 Å². The Morgan fingerprint density at radius 2 is 0.898 bits per heavy atom. The lowest BCUT2D eigenvalue weighted by atomic mass is 9.62. The van der Waals surface area contributed by atoms with Gasteiger partial charge in [0, 0.05) is 50.9 Å². The number of hydrogen-bond acceptors (Lipinski definition) is 2. The molecule has 0 saturated heterocycles. The first kappa shape index (κ1) is 36.7. The third kappa shape index (κ3) is 6.00. The van der Waals surface area contributed by atoms with Crippen molar-refractivity contribution in [2.24, 2.45) is 5.41 Å². The molecule has 2 unspecified atom stereocenters. The van der Waals surface area contributed by atoms with Gasteiger partial charge in [-0.05, 0) is 117 Å². The Balaban J connectivity index is 0.944. The summed E-state index contributed by atoms with van der Waals surface area (Å²) < 4.78 is 0. The minimum atomic E-state index is -0.149. The van der Waals surface area contributed by atoms with Crippen LogP contribution in [0.15, 0.2) is 200 Å². The summed E-state index contributed by atoms with van der Waals surface area (Å²) in [6.45, 7) is 12.1. The maximum atomic E-state index is 2.54. The third-order valence-corrected chi connectivity index (χ3v) is 13.7. The van der Waals surface area contributed by atoms with Gasteiger partial charge in [-0.1, -0.05) is 174 Å². The second-order valence-electron chi connectivity index (χ2n) is 17.7. The van der Waals surface area contributed by atoms with Crippen molar-refractivity contribution >= 4 is 40.6 Å². The molecule has 0 N–H and O–H groups in total. The Morgan fingerprint density at radius 1 is 0.441 bits per heavy atom. The van der Waals surface area contributed by atoms with Crippen molar-refractivity contribution in [3.63, 3.8) is 0 Å². The number of para-hydroxylation sites is 4. The van der Waals surface area contributed by atoms with Gasteiger partial charge in [0.1, 0.15) is 0 Å². The van der Waals surface area contributed by atoms with Gasteiger partial charge in [-0.2, -0.15) is 0 Å². The van der Waals surface area contributed by atoms with Gasteiger partial charge in [-0.25, -0.2) is 0 Å². The highest BCUT2D eigenvalue weighted by Crippen LogP contribution is 2.62. The van der Waals surface area contributed by atoms with Crippen molar-refractivity contribution in [3.8, 4) is 11.1 Å². The molecule has 2 heteroatoms. The Morgan fingerprint density at radius 3 is 1.44 bits per heavy atom. The summed E-state index contributed by atoms with van der Waals surface area (Å²) in [6, 6.07) is 64.0. The summed E-state index contributed by atoms with van der Waals surface area (Å²) in [6.07, 6.45) is 11.9. The number of anilines is 5. The minimum Gasteiger partial charge on any atom is -0.311 e. The second kappa shape index (κ2) is 14.0. The molecular weight excluding hydrogens is 713 g/mol. The fourth-order valence-corrected chi connectivity index (χ4v) is 10.1. The molecule has 0 heterocycles. The molecule has 288 valence electrons. The van der Waals surface area contributed by atoms with Gasteiger partial charge < -0.3 is 9.80 Å². The number of benzene rings is 7. The number of allylic oxidation sites excluding steroid dienone is 3. The summed E-state index contributed by atoms with van der Waals surface area (Å²) in [4.78, 5) is 4.75. The van der Waals surface area contributed by atoms with Crippen molar-refractivity contribution in [1.82, 2.24) is 0 Å². The van der Waals surface area contributed by atoms with Gasteiger partial charge in [0.05, 0.1) is 0 Å². The average Bonchev–Trinajstić information content (AvgIpc) is 3.59. The van der Waals surface area contributed by atoms with E-state index >= 15 is 0 Å². The maximum Gasteiger partial charge on any atom is 0.0465 e. The summed E-state index contributed by atoms with van der Waals surface area (Å²) in [5, 5.41) is 0. The van der Waals surface area contributed by atoms with E-state index in [1.807, 2.05) is 0 Å². The van der Waals surface area contributed by atoms with E-state index in [0.29, 0.717) is 5.92 Å². The van der Waals surface area contributed by atoms with Crippen LogP contribution in [0.25, 0.3) is 23.3 Å². The lowest BCUT2D eigenvalue weighted by Gasteiger charge is -2.43. The predicted octanol–water partition coefficient (Wildman–Crippen LogP) is 15.3. The quantitative estimate of drug-likeness (QED) is 0.142. The van der Waals surface area contributed by atoms with E-state index in [1.54, 1.807) is 0 Å². The molecule has 2 nitrogen and oxygen atoms in total. The number of fused-ring (bicyclic) bond motifs is 6. The molecular formula is C57H50N2. The molecule has 59 heavy (non-hydrogen) atoms. The third-order valence-electron chi connectivity index (χ3n) is 13.7. The van der Waals surface area contributed by atoms with Crippen LogP contribution in [0.3, 0.4) is 0 Å². The first-order chi connectivity index (χ1) is 28.6. The van der Waals surface area contributed by atoms with Gasteiger partial charge >= 0.3 is 0 Å². The van der Waals surface area contributed by atoms with Crippen molar-refractivity contribution in [3.05, 3.63) is 233 Å². The van der Waals surface area contributed by atoms with Crippen LogP contribution in [-0.2, 0) is 10.8 Å². The molecule has 0 saturated carbocycles. The second-order valence-corrected chi connectivity index (χ2v) is 17.7. The molecule has 0 aliphatic heterocycles. The maximum absolute atomic E-state index is 2.54. The lowest BCUT2D eigenvalue weighted by Crippen LogP contribution is -2.38. The molecule has 0 fully saturated rings. The highest BCUT2D eigenvalue weighted by atomic mass is 15.2. The zero-order valence-corrected chi connectivity index (χ0v) is 34.6. The van der Waals surface area contributed by atoms with E-state index in [2.05, 4.69) is 251 Å². The molecule has 7 aromatic carbocycles. The van der Waals surface area contributed by atoms with E-state index < -0.39 is 0 Å². The molecule has 0 aromatic heterocycles. The van der Waals surface area contributed by atoms with Crippen molar-refractivity contribution < 1.29 is 0 Å².